The maximum Gasteiger partial charge on any atom is 0.433 e. The maximum absolute atomic E-state index is 13.6. The molecule has 2 aromatic rings. The minimum Gasteiger partial charge on any atom is -0.384 e. The lowest BCUT2D eigenvalue weighted by Crippen LogP contribution is -2.11. The van der Waals surface area contributed by atoms with Crippen molar-refractivity contribution in [3.8, 4) is 11.1 Å². The number of nitrogen functional groups attached to an aromatic ring is 1. The predicted octanol–water partition coefficient (Wildman–Crippen LogP) is 4.05. The molecule has 0 atom stereocenters. The van der Waals surface area contributed by atoms with Crippen molar-refractivity contribution in [2.45, 2.75) is 6.18 Å². The normalized spacial score (nSPS) is 11.8. The summed E-state index contributed by atoms with van der Waals surface area (Å²) in [5.41, 5.74) is 0.994. The molecular formula is C12H4F8N2. The molecule has 1 heterocycles. The van der Waals surface area contributed by atoms with E-state index in [9.17, 15) is 35.1 Å². The van der Waals surface area contributed by atoms with Crippen LogP contribution in [0.25, 0.3) is 11.1 Å². The summed E-state index contributed by atoms with van der Waals surface area (Å²) in [6.45, 7) is 0. The lowest BCUT2D eigenvalue weighted by molar-refractivity contribution is -0.141. The van der Waals surface area contributed by atoms with E-state index in [1.807, 2.05) is 0 Å². The van der Waals surface area contributed by atoms with Crippen LogP contribution in [-0.2, 0) is 6.18 Å². The topological polar surface area (TPSA) is 38.9 Å². The maximum atomic E-state index is 13.6. The van der Waals surface area contributed by atoms with Crippen LogP contribution in [0, 0.1) is 29.1 Å². The Balaban J connectivity index is 2.81. The van der Waals surface area contributed by atoms with Crippen LogP contribution >= 0.6 is 0 Å². The molecule has 2 N–H and O–H groups in total. The third kappa shape index (κ3) is 2.55. The number of anilines is 1. The molecule has 0 aliphatic carbocycles. The first kappa shape index (κ1) is 16.0. The number of nitrogens with two attached hydrogens (primary N) is 1. The summed E-state index contributed by atoms with van der Waals surface area (Å²) in [5.74, 6) is -12.3. The molecule has 22 heavy (non-hydrogen) atoms. The van der Waals surface area contributed by atoms with Crippen LogP contribution < -0.4 is 5.73 Å². The van der Waals surface area contributed by atoms with Crippen molar-refractivity contribution in [2.75, 3.05) is 5.73 Å². The Labute approximate surface area is 117 Å². The SMILES string of the molecule is Nc1cc(-c2c(F)c(F)c(F)c(F)c2F)cc(C(F)(F)F)n1. The van der Waals surface area contributed by atoms with Gasteiger partial charge in [-0.15, -0.1) is 0 Å². The van der Waals surface area contributed by atoms with Crippen molar-refractivity contribution >= 4 is 5.82 Å². The monoisotopic (exact) mass is 328 g/mol. The fourth-order valence-electron chi connectivity index (χ4n) is 1.70. The molecule has 0 radical (unpaired) electrons. The summed E-state index contributed by atoms with van der Waals surface area (Å²) in [7, 11) is 0. The molecule has 0 unspecified atom stereocenters. The van der Waals surface area contributed by atoms with Gasteiger partial charge in [0, 0.05) is 0 Å². The number of alkyl halides is 3. The van der Waals surface area contributed by atoms with Gasteiger partial charge < -0.3 is 5.73 Å². The van der Waals surface area contributed by atoms with Crippen molar-refractivity contribution in [1.82, 2.24) is 4.98 Å². The summed E-state index contributed by atoms with van der Waals surface area (Å²) >= 11 is 0. The number of nitrogens with zero attached hydrogens (tertiary/aromatic N) is 1. The number of benzene rings is 1. The number of rotatable bonds is 1. The smallest absolute Gasteiger partial charge is 0.384 e. The molecule has 0 fully saturated rings. The molecule has 0 saturated heterocycles. The minimum absolute atomic E-state index is 0.134. The number of hydrogen-bond acceptors (Lipinski definition) is 2. The summed E-state index contributed by atoms with van der Waals surface area (Å²) in [6.07, 6.45) is -5.02. The fourth-order valence-corrected chi connectivity index (χ4v) is 1.70. The Bertz CT molecular complexity index is 725. The van der Waals surface area contributed by atoms with Crippen LogP contribution in [-0.4, -0.2) is 4.98 Å². The van der Waals surface area contributed by atoms with Crippen LogP contribution in [0.15, 0.2) is 12.1 Å². The van der Waals surface area contributed by atoms with E-state index >= 15 is 0 Å². The van der Waals surface area contributed by atoms with E-state index in [2.05, 4.69) is 4.98 Å². The molecule has 0 bridgehead atoms. The third-order valence-corrected chi connectivity index (χ3v) is 2.63. The molecule has 118 valence electrons. The van der Waals surface area contributed by atoms with Crippen LogP contribution in [0.5, 0.6) is 0 Å². The average molecular weight is 328 g/mol. The van der Waals surface area contributed by atoms with Crippen molar-refractivity contribution < 1.29 is 35.1 Å². The highest BCUT2D eigenvalue weighted by Crippen LogP contribution is 2.35. The van der Waals surface area contributed by atoms with Gasteiger partial charge in [-0.1, -0.05) is 0 Å². The molecule has 0 amide bonds. The quantitative estimate of drug-likeness (QED) is 0.487. The number of aromatic nitrogens is 1. The van der Waals surface area contributed by atoms with Gasteiger partial charge in [0.1, 0.15) is 11.5 Å². The van der Waals surface area contributed by atoms with E-state index in [1.54, 1.807) is 0 Å². The fraction of sp³-hybridized carbons (Fsp3) is 0.0833. The third-order valence-electron chi connectivity index (χ3n) is 2.63. The molecule has 0 aliphatic rings. The molecule has 1 aromatic carbocycles. The molecular weight excluding hydrogens is 324 g/mol. The Morgan fingerprint density at radius 1 is 0.773 bits per heavy atom. The highest BCUT2D eigenvalue weighted by molar-refractivity contribution is 5.68. The van der Waals surface area contributed by atoms with Crippen LogP contribution in [0.3, 0.4) is 0 Å². The van der Waals surface area contributed by atoms with Crippen molar-refractivity contribution in [2.24, 2.45) is 0 Å². The molecule has 2 nitrogen and oxygen atoms in total. The summed E-state index contributed by atoms with van der Waals surface area (Å²) in [4.78, 5) is 2.90. The van der Waals surface area contributed by atoms with Gasteiger partial charge in [0.15, 0.2) is 23.3 Å². The van der Waals surface area contributed by atoms with E-state index in [4.69, 9.17) is 5.73 Å². The minimum atomic E-state index is -5.02. The largest absolute Gasteiger partial charge is 0.433 e. The Kier molecular flexibility index (Phi) is 3.71. The Hall–Kier alpha value is -2.39. The van der Waals surface area contributed by atoms with E-state index < -0.39 is 57.9 Å². The predicted molar refractivity (Wildman–Crippen MR) is 58.9 cm³/mol. The second kappa shape index (κ2) is 5.11. The van der Waals surface area contributed by atoms with E-state index in [0.717, 1.165) is 0 Å². The van der Waals surface area contributed by atoms with E-state index in [-0.39, 0.29) is 6.07 Å². The first-order chi connectivity index (χ1) is 10.0. The van der Waals surface area contributed by atoms with Crippen LogP contribution in [0.1, 0.15) is 5.69 Å². The van der Waals surface area contributed by atoms with Crippen molar-refractivity contribution in [3.63, 3.8) is 0 Å². The molecule has 10 heteroatoms. The highest BCUT2D eigenvalue weighted by Gasteiger charge is 2.34. The second-order valence-electron chi connectivity index (χ2n) is 4.11. The lowest BCUT2D eigenvalue weighted by atomic mass is 10.0. The number of hydrogen-bond donors (Lipinski definition) is 1. The van der Waals surface area contributed by atoms with Crippen LogP contribution in [0.2, 0.25) is 0 Å². The molecule has 2 rings (SSSR count). The second-order valence-corrected chi connectivity index (χ2v) is 4.11. The first-order valence-corrected chi connectivity index (χ1v) is 5.40. The average Bonchev–Trinajstić information content (AvgIpc) is 2.42. The highest BCUT2D eigenvalue weighted by atomic mass is 19.4. The van der Waals surface area contributed by atoms with Crippen LogP contribution in [0.4, 0.5) is 40.9 Å². The molecule has 0 spiro atoms. The summed E-state index contributed by atoms with van der Waals surface area (Å²) in [6, 6.07) is 0.697. The number of pyridine rings is 1. The first-order valence-electron chi connectivity index (χ1n) is 5.40. The van der Waals surface area contributed by atoms with Gasteiger partial charge in [0.25, 0.3) is 0 Å². The van der Waals surface area contributed by atoms with Gasteiger partial charge in [0.2, 0.25) is 5.82 Å². The van der Waals surface area contributed by atoms with Gasteiger partial charge in [-0.25, -0.2) is 26.9 Å². The van der Waals surface area contributed by atoms with E-state index in [1.165, 1.54) is 0 Å². The van der Waals surface area contributed by atoms with E-state index in [0.29, 0.717) is 6.07 Å². The molecule has 0 saturated carbocycles. The van der Waals surface area contributed by atoms with Crippen molar-refractivity contribution in [1.29, 1.82) is 0 Å². The zero-order valence-electron chi connectivity index (χ0n) is 10.2. The Morgan fingerprint density at radius 3 is 1.68 bits per heavy atom. The van der Waals surface area contributed by atoms with Gasteiger partial charge in [-0.05, 0) is 17.7 Å². The van der Waals surface area contributed by atoms with Gasteiger partial charge >= 0.3 is 6.18 Å². The Morgan fingerprint density at radius 2 is 1.23 bits per heavy atom. The van der Waals surface area contributed by atoms with Gasteiger partial charge in [-0.3, -0.25) is 0 Å². The van der Waals surface area contributed by atoms with Crippen molar-refractivity contribution in [3.05, 3.63) is 46.9 Å². The summed E-state index contributed by atoms with van der Waals surface area (Å²) in [5, 5.41) is 0. The standard InChI is InChI=1S/C12H4F8N2/c13-7-6(8(14)10(16)11(17)9(7)15)3-1-4(12(18,19)20)22-5(21)2-3/h1-2H,(H2,21,22). The van der Waals surface area contributed by atoms with Gasteiger partial charge in [0.05, 0.1) is 5.56 Å². The summed E-state index contributed by atoms with van der Waals surface area (Å²) < 4.78 is 104. The molecule has 1 aromatic heterocycles. The zero-order chi connectivity index (χ0) is 16.8. The zero-order valence-corrected chi connectivity index (χ0v) is 10.2. The molecule has 0 aliphatic heterocycles. The lowest BCUT2D eigenvalue weighted by Gasteiger charge is -2.12. The van der Waals surface area contributed by atoms with Gasteiger partial charge in [-0.2, -0.15) is 13.2 Å². The number of halogens is 8.